The predicted molar refractivity (Wildman–Crippen MR) is 51.7 cm³/mol. The Hall–Kier alpha value is -1.11. The summed E-state index contributed by atoms with van der Waals surface area (Å²) in [4.78, 5) is 4.05. The minimum absolute atomic E-state index is 0.706. The summed E-state index contributed by atoms with van der Waals surface area (Å²) in [5, 5.41) is 0. The molecule has 12 heavy (non-hydrogen) atoms. The summed E-state index contributed by atoms with van der Waals surface area (Å²) in [5.41, 5.74) is 1.46. The molecule has 1 aromatic carbocycles. The van der Waals surface area contributed by atoms with Crippen molar-refractivity contribution >= 4 is 6.21 Å². The quantitative estimate of drug-likeness (QED) is 0.588. The summed E-state index contributed by atoms with van der Waals surface area (Å²) in [7, 11) is 1.85. The molecule has 0 heterocycles. The largest absolute Gasteiger partial charge is 0.301 e. The second kappa shape index (κ2) is 3.10. The van der Waals surface area contributed by atoms with E-state index in [0.29, 0.717) is 5.92 Å². The number of hydrogen-bond acceptors (Lipinski definition) is 1. The van der Waals surface area contributed by atoms with Crippen LogP contribution in [-0.4, -0.2) is 13.3 Å². The molecule has 2 rings (SSSR count). The van der Waals surface area contributed by atoms with Gasteiger partial charge in [-0.15, -0.1) is 0 Å². The van der Waals surface area contributed by atoms with Crippen molar-refractivity contribution < 1.29 is 0 Å². The van der Waals surface area contributed by atoms with Gasteiger partial charge in [0.2, 0.25) is 0 Å². The first-order chi connectivity index (χ1) is 5.92. The topological polar surface area (TPSA) is 12.4 Å². The second-order valence-electron chi connectivity index (χ2n) is 3.32. The smallest absolute Gasteiger partial charge is 0.0273 e. The third-order valence-electron chi connectivity index (χ3n) is 2.41. The van der Waals surface area contributed by atoms with Crippen molar-refractivity contribution in [2.24, 2.45) is 10.9 Å². The van der Waals surface area contributed by atoms with Crippen LogP contribution in [-0.2, 0) is 0 Å². The molecule has 1 aromatic rings. The molecular weight excluding hydrogens is 146 g/mol. The highest BCUT2D eigenvalue weighted by atomic mass is 14.7. The molecule has 0 amide bonds. The van der Waals surface area contributed by atoms with Crippen LogP contribution in [0.2, 0.25) is 0 Å². The van der Waals surface area contributed by atoms with E-state index in [2.05, 4.69) is 41.5 Å². The summed E-state index contributed by atoms with van der Waals surface area (Å²) in [6, 6.07) is 10.7. The second-order valence-corrected chi connectivity index (χ2v) is 3.32. The van der Waals surface area contributed by atoms with E-state index >= 15 is 0 Å². The summed E-state index contributed by atoms with van der Waals surface area (Å²) in [6.07, 6.45) is 3.35. The zero-order valence-electron chi connectivity index (χ0n) is 7.27. The average Bonchev–Trinajstić information content (AvgIpc) is 2.87. The summed E-state index contributed by atoms with van der Waals surface area (Å²) in [6.45, 7) is 0. The van der Waals surface area contributed by atoms with Crippen molar-refractivity contribution in [3.63, 3.8) is 0 Å². The fraction of sp³-hybridized carbons (Fsp3) is 0.364. The molecule has 1 heteroatoms. The van der Waals surface area contributed by atoms with Crippen LogP contribution in [0.3, 0.4) is 0 Å². The number of benzene rings is 1. The van der Waals surface area contributed by atoms with Gasteiger partial charge in [0.05, 0.1) is 0 Å². The molecule has 0 saturated heterocycles. The fourth-order valence-corrected chi connectivity index (χ4v) is 1.65. The van der Waals surface area contributed by atoms with Gasteiger partial charge in [0.25, 0.3) is 0 Å². The minimum atomic E-state index is 0.706. The van der Waals surface area contributed by atoms with Gasteiger partial charge in [0.1, 0.15) is 0 Å². The molecule has 62 valence electrons. The maximum Gasteiger partial charge on any atom is 0.0273 e. The van der Waals surface area contributed by atoms with Crippen LogP contribution in [0, 0.1) is 5.92 Å². The van der Waals surface area contributed by atoms with Crippen molar-refractivity contribution in [3.8, 4) is 0 Å². The van der Waals surface area contributed by atoms with Crippen molar-refractivity contribution in [1.29, 1.82) is 0 Å². The summed E-state index contributed by atoms with van der Waals surface area (Å²) >= 11 is 0. The van der Waals surface area contributed by atoms with Gasteiger partial charge in [0.15, 0.2) is 0 Å². The average molecular weight is 159 g/mol. The highest BCUT2D eigenvalue weighted by Crippen LogP contribution is 2.45. The molecule has 1 nitrogen and oxygen atoms in total. The van der Waals surface area contributed by atoms with Crippen LogP contribution >= 0.6 is 0 Å². The Labute approximate surface area is 73.1 Å². The first-order valence-corrected chi connectivity index (χ1v) is 4.39. The van der Waals surface area contributed by atoms with E-state index in [1.165, 1.54) is 12.0 Å². The molecule has 0 radical (unpaired) electrons. The van der Waals surface area contributed by atoms with Crippen LogP contribution in [0.1, 0.15) is 17.9 Å². The van der Waals surface area contributed by atoms with Gasteiger partial charge in [0, 0.05) is 19.2 Å². The molecule has 0 aromatic heterocycles. The number of rotatable bonds is 2. The molecule has 0 N–H and O–H groups in total. The molecule has 0 spiro atoms. The highest BCUT2D eigenvalue weighted by molar-refractivity contribution is 5.66. The van der Waals surface area contributed by atoms with Crippen LogP contribution in [0.4, 0.5) is 0 Å². The van der Waals surface area contributed by atoms with E-state index in [0.717, 1.165) is 5.92 Å². The van der Waals surface area contributed by atoms with E-state index in [1.807, 2.05) is 7.05 Å². The SMILES string of the molecule is CN=CC1CC1c1ccccc1. The molecule has 0 aliphatic heterocycles. The number of aliphatic imine (C=N–C) groups is 1. The Kier molecular flexibility index (Phi) is 1.94. The van der Waals surface area contributed by atoms with Crippen molar-refractivity contribution in [3.05, 3.63) is 35.9 Å². The van der Waals surface area contributed by atoms with Gasteiger partial charge in [-0.1, -0.05) is 30.3 Å². The van der Waals surface area contributed by atoms with E-state index in [-0.39, 0.29) is 0 Å². The van der Waals surface area contributed by atoms with Gasteiger partial charge in [-0.3, -0.25) is 0 Å². The standard InChI is InChI=1S/C11H13N/c1-12-8-10-7-11(10)9-5-3-2-4-6-9/h2-6,8,10-11H,7H2,1H3. The van der Waals surface area contributed by atoms with Crippen LogP contribution < -0.4 is 0 Å². The first kappa shape index (κ1) is 7.53. The van der Waals surface area contributed by atoms with Gasteiger partial charge in [-0.05, 0) is 17.9 Å². The van der Waals surface area contributed by atoms with Crippen LogP contribution in [0.5, 0.6) is 0 Å². The van der Waals surface area contributed by atoms with E-state index in [1.54, 1.807) is 0 Å². The third-order valence-corrected chi connectivity index (χ3v) is 2.41. The van der Waals surface area contributed by atoms with Crippen molar-refractivity contribution in [2.75, 3.05) is 7.05 Å². The minimum Gasteiger partial charge on any atom is -0.301 e. The molecule has 2 atom stereocenters. The van der Waals surface area contributed by atoms with E-state index in [9.17, 15) is 0 Å². The maximum atomic E-state index is 4.05. The van der Waals surface area contributed by atoms with Gasteiger partial charge in [-0.2, -0.15) is 0 Å². The molecule has 1 aliphatic rings. The molecule has 2 unspecified atom stereocenters. The Bertz CT molecular complexity index is 276. The lowest BCUT2D eigenvalue weighted by Gasteiger charge is -1.95. The van der Waals surface area contributed by atoms with Gasteiger partial charge >= 0.3 is 0 Å². The Morgan fingerprint density at radius 2 is 2.08 bits per heavy atom. The highest BCUT2D eigenvalue weighted by Gasteiger charge is 2.36. The zero-order chi connectivity index (χ0) is 8.39. The van der Waals surface area contributed by atoms with Crippen LogP contribution in [0.25, 0.3) is 0 Å². The third kappa shape index (κ3) is 1.40. The normalized spacial score (nSPS) is 27.8. The Morgan fingerprint density at radius 1 is 1.33 bits per heavy atom. The summed E-state index contributed by atoms with van der Waals surface area (Å²) in [5.74, 6) is 1.45. The Morgan fingerprint density at radius 3 is 2.75 bits per heavy atom. The fourth-order valence-electron chi connectivity index (χ4n) is 1.65. The van der Waals surface area contributed by atoms with E-state index < -0.39 is 0 Å². The monoisotopic (exact) mass is 159 g/mol. The predicted octanol–water partition coefficient (Wildman–Crippen LogP) is 2.49. The maximum absolute atomic E-state index is 4.05. The lowest BCUT2D eigenvalue weighted by atomic mass is 10.1. The molecular formula is C11H13N. The molecule has 1 aliphatic carbocycles. The lowest BCUT2D eigenvalue weighted by Crippen LogP contribution is -1.83. The molecule has 1 fully saturated rings. The summed E-state index contributed by atoms with van der Waals surface area (Å²) < 4.78 is 0. The molecule has 1 saturated carbocycles. The van der Waals surface area contributed by atoms with Crippen LogP contribution in [0.15, 0.2) is 35.3 Å². The van der Waals surface area contributed by atoms with Crippen molar-refractivity contribution in [2.45, 2.75) is 12.3 Å². The number of hydrogen-bond donors (Lipinski definition) is 0. The number of nitrogens with zero attached hydrogens (tertiary/aromatic N) is 1. The van der Waals surface area contributed by atoms with Gasteiger partial charge < -0.3 is 4.99 Å². The first-order valence-electron chi connectivity index (χ1n) is 4.39. The molecule has 0 bridgehead atoms. The zero-order valence-corrected chi connectivity index (χ0v) is 7.27. The van der Waals surface area contributed by atoms with Crippen molar-refractivity contribution in [1.82, 2.24) is 0 Å². The lowest BCUT2D eigenvalue weighted by molar-refractivity contribution is 1.06. The Balaban J connectivity index is 2.06. The van der Waals surface area contributed by atoms with E-state index in [4.69, 9.17) is 0 Å². The van der Waals surface area contributed by atoms with Gasteiger partial charge in [-0.25, -0.2) is 0 Å².